The van der Waals surface area contributed by atoms with Crippen LogP contribution in [0.5, 0.6) is 0 Å². The second-order valence-corrected chi connectivity index (χ2v) is 5.96. The van der Waals surface area contributed by atoms with Crippen LogP contribution in [0.4, 0.5) is 5.69 Å². The lowest BCUT2D eigenvalue weighted by Gasteiger charge is -2.17. The average molecular weight is 345 g/mol. The van der Waals surface area contributed by atoms with Crippen molar-refractivity contribution < 1.29 is 0 Å². The Morgan fingerprint density at radius 1 is 1.23 bits per heavy atom. The maximum Gasteiger partial charge on any atom is 0.282 e. The Labute approximate surface area is 151 Å². The molecule has 0 N–H and O–H groups in total. The van der Waals surface area contributed by atoms with Gasteiger partial charge in [-0.1, -0.05) is 24.3 Å². The molecule has 3 aromatic rings. The molecule has 0 aliphatic rings. The maximum absolute atomic E-state index is 12.6. The minimum absolute atomic E-state index is 0.183. The van der Waals surface area contributed by atoms with Gasteiger partial charge >= 0.3 is 0 Å². The highest BCUT2D eigenvalue weighted by atomic mass is 16.1. The van der Waals surface area contributed by atoms with Gasteiger partial charge in [0.25, 0.3) is 5.56 Å². The molecule has 2 aromatic carbocycles. The molecule has 0 saturated carbocycles. The normalized spacial score (nSPS) is 11.0. The lowest BCUT2D eigenvalue weighted by molar-refractivity contribution is 0.771. The van der Waals surface area contributed by atoms with Gasteiger partial charge in [-0.15, -0.1) is 0 Å². The van der Waals surface area contributed by atoms with E-state index in [-0.39, 0.29) is 5.56 Å². The highest BCUT2D eigenvalue weighted by molar-refractivity contribution is 5.81. The number of nitrogens with zero attached hydrogens (tertiary/aromatic N) is 5. The predicted octanol–water partition coefficient (Wildman–Crippen LogP) is 2.94. The second-order valence-electron chi connectivity index (χ2n) is 5.96. The largest absolute Gasteiger partial charge is 0.374 e. The summed E-state index contributed by atoms with van der Waals surface area (Å²) in [5.74, 6) is 0.540. The molecule has 1 heterocycles. The molecule has 0 radical (unpaired) electrons. The predicted molar refractivity (Wildman–Crippen MR) is 104 cm³/mol. The molecule has 0 amide bonds. The molecule has 6 heteroatoms. The van der Waals surface area contributed by atoms with Crippen LogP contribution < -0.4 is 10.5 Å². The Kier molecular flexibility index (Phi) is 5.09. The highest BCUT2D eigenvalue weighted by Crippen LogP contribution is 2.13. The van der Waals surface area contributed by atoms with Crippen molar-refractivity contribution in [2.45, 2.75) is 13.3 Å². The molecule has 0 fully saturated rings. The van der Waals surface area contributed by atoms with E-state index in [2.05, 4.69) is 16.2 Å². The average Bonchev–Trinajstić information content (AvgIpc) is 2.66. The van der Waals surface area contributed by atoms with Crippen LogP contribution in [0, 0.1) is 18.3 Å². The van der Waals surface area contributed by atoms with Gasteiger partial charge in [-0.05, 0) is 36.8 Å². The quantitative estimate of drug-likeness (QED) is 0.666. The van der Waals surface area contributed by atoms with Crippen LogP contribution in [0.2, 0.25) is 0 Å². The highest BCUT2D eigenvalue weighted by Gasteiger charge is 2.06. The van der Waals surface area contributed by atoms with Crippen LogP contribution in [0.25, 0.3) is 10.9 Å². The van der Waals surface area contributed by atoms with Crippen molar-refractivity contribution in [3.8, 4) is 6.07 Å². The number of hydrogen-bond acceptors (Lipinski definition) is 5. The van der Waals surface area contributed by atoms with E-state index in [0.29, 0.717) is 29.7 Å². The van der Waals surface area contributed by atoms with Gasteiger partial charge in [-0.2, -0.15) is 15.0 Å². The van der Waals surface area contributed by atoms with Crippen LogP contribution in [0.3, 0.4) is 0 Å². The van der Waals surface area contributed by atoms with Gasteiger partial charge in [0.1, 0.15) is 5.82 Å². The molecule has 0 aliphatic heterocycles. The third-order valence-electron chi connectivity index (χ3n) is 4.13. The van der Waals surface area contributed by atoms with Crippen LogP contribution in [0.1, 0.15) is 17.8 Å². The van der Waals surface area contributed by atoms with E-state index >= 15 is 0 Å². The topological polar surface area (TPSA) is 74.3 Å². The number of aromatic nitrogens is 2. The lowest BCUT2D eigenvalue weighted by atomic mass is 10.2. The number of fused-ring (bicyclic) bond motifs is 1. The summed E-state index contributed by atoms with van der Waals surface area (Å²) in [6.07, 6.45) is 2.13. The second kappa shape index (κ2) is 7.62. The standard InChI is InChI=1S/C20H19N5O/c1-15-23-19-7-4-3-6-18(19)20(26)25(15)22-14-16-8-10-17(11-9-16)24(2)13-5-12-21/h3-4,6-11,14H,5,13H2,1-2H3/b22-14-. The first kappa shape index (κ1) is 17.4. The minimum Gasteiger partial charge on any atom is -0.374 e. The number of anilines is 1. The van der Waals surface area contributed by atoms with Gasteiger partial charge in [-0.3, -0.25) is 4.79 Å². The molecule has 26 heavy (non-hydrogen) atoms. The summed E-state index contributed by atoms with van der Waals surface area (Å²) in [5.41, 5.74) is 2.39. The fourth-order valence-electron chi connectivity index (χ4n) is 2.66. The van der Waals surface area contributed by atoms with Crippen molar-refractivity contribution in [2.75, 3.05) is 18.5 Å². The van der Waals surface area contributed by atoms with E-state index in [1.54, 1.807) is 19.2 Å². The summed E-state index contributed by atoms with van der Waals surface area (Å²) >= 11 is 0. The van der Waals surface area contributed by atoms with Crippen LogP contribution >= 0.6 is 0 Å². The Bertz CT molecular complexity index is 1040. The molecule has 6 nitrogen and oxygen atoms in total. The monoisotopic (exact) mass is 345 g/mol. The van der Waals surface area contributed by atoms with Crippen molar-refractivity contribution in [3.63, 3.8) is 0 Å². The number of rotatable bonds is 5. The van der Waals surface area contributed by atoms with Gasteiger partial charge in [0.05, 0.1) is 29.6 Å². The summed E-state index contributed by atoms with van der Waals surface area (Å²) in [6.45, 7) is 2.44. The number of nitriles is 1. The molecule has 1 aromatic heterocycles. The third-order valence-corrected chi connectivity index (χ3v) is 4.13. The van der Waals surface area contributed by atoms with Gasteiger partial charge in [0.2, 0.25) is 0 Å². The summed E-state index contributed by atoms with van der Waals surface area (Å²) in [5, 5.41) is 13.5. The summed E-state index contributed by atoms with van der Waals surface area (Å²) < 4.78 is 1.31. The Hall–Kier alpha value is -3.46. The zero-order valence-electron chi connectivity index (χ0n) is 14.8. The Morgan fingerprint density at radius 2 is 1.96 bits per heavy atom. The summed E-state index contributed by atoms with van der Waals surface area (Å²) in [7, 11) is 1.95. The number of aryl methyl sites for hydroxylation is 1. The summed E-state index contributed by atoms with van der Waals surface area (Å²) in [6, 6.07) is 17.2. The zero-order chi connectivity index (χ0) is 18.5. The lowest BCUT2D eigenvalue weighted by Crippen LogP contribution is -2.20. The molecule has 0 saturated heterocycles. The number of benzene rings is 2. The van der Waals surface area contributed by atoms with E-state index in [0.717, 1.165) is 11.3 Å². The van der Waals surface area contributed by atoms with Crippen molar-refractivity contribution in [2.24, 2.45) is 5.10 Å². The molecule has 0 bridgehead atoms. The molecule has 0 aliphatic carbocycles. The number of hydrogen-bond donors (Lipinski definition) is 0. The van der Waals surface area contributed by atoms with Crippen molar-refractivity contribution in [3.05, 3.63) is 70.3 Å². The zero-order valence-corrected chi connectivity index (χ0v) is 14.8. The minimum atomic E-state index is -0.183. The van der Waals surface area contributed by atoms with Gasteiger partial charge < -0.3 is 4.90 Å². The molecule has 0 spiro atoms. The van der Waals surface area contributed by atoms with E-state index in [1.807, 2.05) is 54.4 Å². The number of para-hydroxylation sites is 1. The van der Waals surface area contributed by atoms with Crippen molar-refractivity contribution in [1.82, 2.24) is 9.66 Å². The molecular formula is C20H19N5O. The van der Waals surface area contributed by atoms with Gasteiger partial charge in [0.15, 0.2) is 0 Å². The fourth-order valence-corrected chi connectivity index (χ4v) is 2.66. The van der Waals surface area contributed by atoms with Gasteiger partial charge in [0, 0.05) is 19.3 Å². The van der Waals surface area contributed by atoms with E-state index in [1.165, 1.54) is 4.68 Å². The first-order valence-electron chi connectivity index (χ1n) is 8.31. The van der Waals surface area contributed by atoms with Crippen LogP contribution in [0.15, 0.2) is 58.4 Å². The first-order chi connectivity index (χ1) is 12.6. The van der Waals surface area contributed by atoms with E-state index < -0.39 is 0 Å². The van der Waals surface area contributed by atoms with Crippen LogP contribution in [-0.2, 0) is 0 Å². The molecule has 0 atom stereocenters. The van der Waals surface area contributed by atoms with Crippen molar-refractivity contribution in [1.29, 1.82) is 5.26 Å². The first-order valence-corrected chi connectivity index (χ1v) is 8.31. The van der Waals surface area contributed by atoms with E-state index in [9.17, 15) is 4.79 Å². The fraction of sp³-hybridized carbons (Fsp3) is 0.200. The maximum atomic E-state index is 12.6. The van der Waals surface area contributed by atoms with Crippen molar-refractivity contribution >= 4 is 22.8 Å². The smallest absolute Gasteiger partial charge is 0.282 e. The SMILES string of the molecule is Cc1nc2ccccc2c(=O)n1/N=C\c1ccc(N(C)CCC#N)cc1. The molecule has 0 unspecified atom stereocenters. The Morgan fingerprint density at radius 3 is 2.69 bits per heavy atom. The Balaban J connectivity index is 1.85. The molecule has 3 rings (SSSR count). The van der Waals surface area contributed by atoms with Crippen LogP contribution in [-0.4, -0.2) is 29.5 Å². The molecule has 130 valence electrons. The van der Waals surface area contributed by atoms with Gasteiger partial charge in [-0.25, -0.2) is 4.98 Å². The third kappa shape index (κ3) is 3.62. The summed E-state index contributed by atoms with van der Waals surface area (Å²) in [4.78, 5) is 19.0. The molecular weight excluding hydrogens is 326 g/mol. The van der Waals surface area contributed by atoms with E-state index in [4.69, 9.17) is 5.26 Å².